The van der Waals surface area contributed by atoms with E-state index in [0.29, 0.717) is 5.56 Å². The first-order chi connectivity index (χ1) is 19.1. The molecule has 0 bridgehead atoms. The summed E-state index contributed by atoms with van der Waals surface area (Å²) in [7, 11) is 0. The van der Waals surface area contributed by atoms with E-state index >= 15 is 0 Å². The Hall–Kier alpha value is -5.60. The van der Waals surface area contributed by atoms with Gasteiger partial charge in [0.2, 0.25) is 0 Å². The van der Waals surface area contributed by atoms with Gasteiger partial charge in [-0.3, -0.25) is 0 Å². The number of carbonyl (C=O) groups is 1. The first kappa shape index (κ1) is 22.6. The Morgan fingerprint density at radius 1 is 0.718 bits per heavy atom. The molecule has 7 aromatic rings. The third-order valence-electron chi connectivity index (χ3n) is 7.33. The number of para-hydroxylation sites is 2. The minimum atomic E-state index is -1.23. The average Bonchev–Trinajstić information content (AvgIpc) is 3.51. The number of hydrogen-bond donors (Lipinski definition) is 2. The van der Waals surface area contributed by atoms with Crippen LogP contribution in [0.1, 0.15) is 5.56 Å². The lowest BCUT2D eigenvalue weighted by molar-refractivity contribution is -0.132. The Balaban J connectivity index is 1.36. The van der Waals surface area contributed by atoms with Crippen molar-refractivity contribution in [2.45, 2.75) is 0 Å². The molecule has 0 aliphatic heterocycles. The Labute approximate surface area is 223 Å². The molecule has 0 fully saturated rings. The number of aromatic amines is 1. The molecule has 0 aliphatic rings. The molecule has 5 heteroatoms. The molecule has 0 saturated heterocycles. The predicted molar refractivity (Wildman–Crippen MR) is 157 cm³/mol. The predicted octanol–water partition coefficient (Wildman–Crippen LogP) is 8.08. The Bertz CT molecular complexity index is 2100. The number of nitriles is 1. The van der Waals surface area contributed by atoms with E-state index in [1.54, 1.807) is 6.07 Å². The number of H-pyrrole nitrogens is 1. The van der Waals surface area contributed by atoms with Gasteiger partial charge in [-0.2, -0.15) is 5.26 Å². The number of hydrogen-bond acceptors (Lipinski definition) is 2. The fourth-order valence-corrected chi connectivity index (χ4v) is 5.48. The van der Waals surface area contributed by atoms with Gasteiger partial charge in [0.15, 0.2) is 0 Å². The van der Waals surface area contributed by atoms with Gasteiger partial charge in [-0.1, -0.05) is 66.7 Å². The minimum absolute atomic E-state index is 0.290. The van der Waals surface area contributed by atoms with Gasteiger partial charge in [-0.25, -0.2) is 4.79 Å². The summed E-state index contributed by atoms with van der Waals surface area (Å²) in [6.07, 6.45) is 1.38. The highest BCUT2D eigenvalue weighted by Crippen LogP contribution is 2.35. The number of fused-ring (bicyclic) bond motifs is 6. The van der Waals surface area contributed by atoms with E-state index in [1.807, 2.05) is 24.3 Å². The molecule has 7 rings (SSSR count). The Kier molecular flexibility index (Phi) is 5.07. The van der Waals surface area contributed by atoms with E-state index < -0.39 is 5.97 Å². The highest BCUT2D eigenvalue weighted by molar-refractivity contribution is 6.11. The van der Waals surface area contributed by atoms with E-state index in [0.717, 1.165) is 38.6 Å². The molecular formula is C34H21N3O2. The fraction of sp³-hybridized carbons (Fsp3) is 0. The van der Waals surface area contributed by atoms with E-state index in [9.17, 15) is 4.79 Å². The maximum atomic E-state index is 11.2. The molecule has 2 N–H and O–H groups in total. The zero-order chi connectivity index (χ0) is 26.5. The number of carboxylic acid groups (broad SMARTS) is 1. The second kappa shape index (κ2) is 8.76. The van der Waals surface area contributed by atoms with Crippen molar-refractivity contribution in [3.8, 4) is 22.9 Å². The molecule has 5 nitrogen and oxygen atoms in total. The van der Waals surface area contributed by atoms with E-state index in [1.165, 1.54) is 27.9 Å². The maximum absolute atomic E-state index is 11.2. The number of nitrogens with one attached hydrogen (secondary N) is 1. The fourth-order valence-electron chi connectivity index (χ4n) is 5.48. The number of benzene rings is 5. The van der Waals surface area contributed by atoms with E-state index in [-0.39, 0.29) is 5.57 Å². The number of nitrogens with zero attached hydrogens (tertiary/aromatic N) is 2. The summed E-state index contributed by atoms with van der Waals surface area (Å²) in [6, 6.07) is 39.2. The summed E-state index contributed by atoms with van der Waals surface area (Å²) in [4.78, 5) is 14.7. The van der Waals surface area contributed by atoms with Crippen LogP contribution in [-0.2, 0) is 4.79 Å². The molecule has 5 aromatic carbocycles. The second-order valence-electron chi connectivity index (χ2n) is 9.58. The van der Waals surface area contributed by atoms with Gasteiger partial charge in [0.25, 0.3) is 0 Å². The van der Waals surface area contributed by atoms with Gasteiger partial charge >= 0.3 is 5.97 Å². The standard InChI is InChI=1S/C34H21N3O2/c35-20-24(34(38)39)17-21-9-11-22(12-10-21)23-13-15-30-28(18-23)29-19-25(14-16-31(29)36-30)37-32-7-3-1-5-26(32)27-6-2-4-8-33(27)37/h1-19,36H,(H,38,39)/b24-17-. The Morgan fingerprint density at radius 2 is 1.31 bits per heavy atom. The molecule has 0 aliphatic carbocycles. The molecule has 0 spiro atoms. The van der Waals surface area contributed by atoms with Crippen LogP contribution in [0.3, 0.4) is 0 Å². The van der Waals surface area contributed by atoms with Crippen molar-refractivity contribution in [1.82, 2.24) is 9.55 Å². The average molecular weight is 504 g/mol. The zero-order valence-electron chi connectivity index (χ0n) is 20.7. The van der Waals surface area contributed by atoms with Crippen LogP contribution in [0.15, 0.2) is 115 Å². The topological polar surface area (TPSA) is 81.8 Å². The van der Waals surface area contributed by atoms with Crippen molar-refractivity contribution in [1.29, 1.82) is 5.26 Å². The first-order valence-corrected chi connectivity index (χ1v) is 12.6. The van der Waals surface area contributed by atoms with Gasteiger partial charge in [-0.15, -0.1) is 0 Å². The molecule has 2 aromatic heterocycles. The van der Waals surface area contributed by atoms with Crippen LogP contribution in [0, 0.1) is 11.3 Å². The van der Waals surface area contributed by atoms with Crippen LogP contribution in [0.2, 0.25) is 0 Å². The summed E-state index contributed by atoms with van der Waals surface area (Å²) >= 11 is 0. The van der Waals surface area contributed by atoms with Gasteiger partial charge in [0.1, 0.15) is 11.6 Å². The highest BCUT2D eigenvalue weighted by atomic mass is 16.4. The van der Waals surface area contributed by atoms with Gasteiger partial charge in [0.05, 0.1) is 11.0 Å². The third-order valence-corrected chi connectivity index (χ3v) is 7.33. The number of carboxylic acids is 1. The van der Waals surface area contributed by atoms with Crippen LogP contribution in [0.5, 0.6) is 0 Å². The van der Waals surface area contributed by atoms with Crippen LogP contribution >= 0.6 is 0 Å². The third kappa shape index (κ3) is 3.66. The summed E-state index contributed by atoms with van der Waals surface area (Å²) in [5.41, 5.74) is 8.04. The molecule has 39 heavy (non-hydrogen) atoms. The largest absolute Gasteiger partial charge is 0.477 e. The molecule has 0 atom stereocenters. The summed E-state index contributed by atoms with van der Waals surface area (Å²) < 4.78 is 2.33. The molecule has 0 unspecified atom stereocenters. The van der Waals surface area contributed by atoms with Crippen LogP contribution < -0.4 is 0 Å². The van der Waals surface area contributed by atoms with Crippen LogP contribution in [-0.4, -0.2) is 20.6 Å². The number of rotatable bonds is 4. The monoisotopic (exact) mass is 503 g/mol. The molecule has 2 heterocycles. The van der Waals surface area contributed by atoms with Gasteiger partial charge < -0.3 is 14.7 Å². The lowest BCUT2D eigenvalue weighted by Gasteiger charge is -2.08. The summed E-state index contributed by atoms with van der Waals surface area (Å²) in [6.45, 7) is 0. The van der Waals surface area contributed by atoms with Crippen molar-refractivity contribution in [3.63, 3.8) is 0 Å². The SMILES string of the molecule is N#C/C(=C/c1ccc(-c2ccc3[nH]c4ccc(-n5c6ccccc6c6ccccc65)cc4c3c2)cc1)C(=O)O. The summed E-state index contributed by atoms with van der Waals surface area (Å²) in [5.74, 6) is -1.23. The lowest BCUT2D eigenvalue weighted by Crippen LogP contribution is -1.97. The molecule has 0 amide bonds. The van der Waals surface area contributed by atoms with E-state index in [4.69, 9.17) is 10.4 Å². The van der Waals surface area contributed by atoms with Crippen molar-refractivity contribution < 1.29 is 9.90 Å². The van der Waals surface area contributed by atoms with Crippen molar-refractivity contribution in [2.24, 2.45) is 0 Å². The number of aliphatic carboxylic acids is 1. The first-order valence-electron chi connectivity index (χ1n) is 12.6. The van der Waals surface area contributed by atoms with Crippen molar-refractivity contribution >= 4 is 55.7 Å². The number of aromatic nitrogens is 2. The molecular weight excluding hydrogens is 482 g/mol. The minimum Gasteiger partial charge on any atom is -0.477 e. The van der Waals surface area contributed by atoms with Crippen LogP contribution in [0.4, 0.5) is 0 Å². The summed E-state index contributed by atoms with van der Waals surface area (Å²) in [5, 5.41) is 22.9. The molecule has 184 valence electrons. The highest BCUT2D eigenvalue weighted by Gasteiger charge is 2.14. The lowest BCUT2D eigenvalue weighted by atomic mass is 10.0. The normalized spacial score (nSPS) is 11.9. The smallest absolute Gasteiger partial charge is 0.346 e. The molecule has 0 radical (unpaired) electrons. The maximum Gasteiger partial charge on any atom is 0.346 e. The van der Waals surface area contributed by atoms with Gasteiger partial charge in [-0.05, 0) is 65.2 Å². The van der Waals surface area contributed by atoms with Crippen molar-refractivity contribution in [2.75, 3.05) is 0 Å². The second-order valence-corrected chi connectivity index (χ2v) is 9.58. The quantitative estimate of drug-likeness (QED) is 0.188. The van der Waals surface area contributed by atoms with Crippen molar-refractivity contribution in [3.05, 3.63) is 120 Å². The van der Waals surface area contributed by atoms with E-state index in [2.05, 4.69) is 94.5 Å². The molecule has 0 saturated carbocycles. The van der Waals surface area contributed by atoms with Gasteiger partial charge in [0, 0.05) is 38.3 Å². The Morgan fingerprint density at radius 3 is 1.95 bits per heavy atom. The zero-order valence-corrected chi connectivity index (χ0v) is 20.7. The van der Waals surface area contributed by atoms with Crippen LogP contribution in [0.25, 0.3) is 66.5 Å².